The first-order chi connectivity index (χ1) is 11.3. The van der Waals surface area contributed by atoms with Gasteiger partial charge in [0.2, 0.25) is 0 Å². The Morgan fingerprint density at radius 2 is 1.83 bits per heavy atom. The number of nitrogens with zero attached hydrogens (tertiary/aromatic N) is 1. The highest BCUT2D eigenvalue weighted by molar-refractivity contribution is 5.68. The molecule has 0 radical (unpaired) electrons. The first-order valence-corrected chi connectivity index (χ1v) is 8.06. The fourth-order valence-electron chi connectivity index (χ4n) is 3.53. The summed E-state index contributed by atoms with van der Waals surface area (Å²) in [5.74, 6) is 1.72. The van der Waals surface area contributed by atoms with Crippen LogP contribution in [0, 0.1) is 5.92 Å². The van der Waals surface area contributed by atoms with Crippen LogP contribution in [0.2, 0.25) is 0 Å². The minimum Gasteiger partial charge on any atom is -0.467 e. The number of carbonyl (C=O) groups is 1. The SMILES string of the molecule is O=C(NC(c1ccco1)c1ccco1)O[C@H]1CN2CCC1CC2. The third-order valence-electron chi connectivity index (χ3n) is 4.77. The van der Waals surface area contributed by atoms with E-state index in [1.807, 2.05) is 12.1 Å². The van der Waals surface area contributed by atoms with Gasteiger partial charge in [0.1, 0.15) is 23.7 Å². The second-order valence-electron chi connectivity index (χ2n) is 6.19. The molecule has 1 N–H and O–H groups in total. The van der Waals surface area contributed by atoms with Crippen molar-refractivity contribution in [3.05, 3.63) is 48.3 Å². The quantitative estimate of drug-likeness (QED) is 0.939. The molecule has 0 aromatic carbocycles. The summed E-state index contributed by atoms with van der Waals surface area (Å²) in [6.07, 6.45) is 4.92. The predicted octanol–water partition coefficient (Wildman–Crippen LogP) is 2.78. The molecule has 3 saturated heterocycles. The second kappa shape index (κ2) is 6.12. The van der Waals surface area contributed by atoms with Gasteiger partial charge in [-0.3, -0.25) is 4.90 Å². The maximum atomic E-state index is 12.4. The maximum absolute atomic E-state index is 12.4. The fraction of sp³-hybridized carbons (Fsp3) is 0.471. The molecule has 1 atom stereocenters. The Balaban J connectivity index is 1.43. The lowest BCUT2D eigenvalue weighted by Crippen LogP contribution is -2.52. The molecule has 2 aromatic heterocycles. The Bertz CT molecular complexity index is 595. The molecule has 0 spiro atoms. The zero-order valence-electron chi connectivity index (χ0n) is 12.8. The molecule has 0 saturated carbocycles. The van der Waals surface area contributed by atoms with E-state index in [-0.39, 0.29) is 6.10 Å². The van der Waals surface area contributed by atoms with Crippen LogP contribution in [0.3, 0.4) is 0 Å². The van der Waals surface area contributed by atoms with Gasteiger partial charge in [-0.25, -0.2) is 4.79 Å². The third-order valence-corrected chi connectivity index (χ3v) is 4.77. The zero-order chi connectivity index (χ0) is 15.6. The van der Waals surface area contributed by atoms with Crippen LogP contribution in [0.15, 0.2) is 45.6 Å². The molecular weight excluding hydrogens is 296 g/mol. The van der Waals surface area contributed by atoms with E-state index in [4.69, 9.17) is 13.6 Å². The number of furan rings is 2. The molecule has 3 aliphatic heterocycles. The van der Waals surface area contributed by atoms with E-state index >= 15 is 0 Å². The largest absolute Gasteiger partial charge is 0.467 e. The van der Waals surface area contributed by atoms with Crippen molar-refractivity contribution in [2.75, 3.05) is 19.6 Å². The highest BCUT2D eigenvalue weighted by Crippen LogP contribution is 2.30. The molecule has 3 aliphatic rings. The molecule has 0 aliphatic carbocycles. The average molecular weight is 316 g/mol. The molecule has 0 unspecified atom stereocenters. The van der Waals surface area contributed by atoms with Gasteiger partial charge in [0.15, 0.2) is 0 Å². The summed E-state index contributed by atoms with van der Waals surface area (Å²) in [5.41, 5.74) is 0. The van der Waals surface area contributed by atoms with Gasteiger partial charge >= 0.3 is 6.09 Å². The van der Waals surface area contributed by atoms with Crippen LogP contribution in [0.1, 0.15) is 30.4 Å². The number of fused-ring (bicyclic) bond motifs is 3. The van der Waals surface area contributed by atoms with Gasteiger partial charge in [-0.2, -0.15) is 0 Å². The standard InChI is InChI=1S/C17H20N2O4/c20-17(23-15-11-19-7-5-12(15)6-8-19)18-16(13-3-1-9-21-13)14-4-2-10-22-14/h1-4,9-10,12,15-16H,5-8,11H2,(H,18,20)/t15-/m0/s1. The van der Waals surface area contributed by atoms with Crippen molar-refractivity contribution >= 4 is 6.09 Å². The first-order valence-electron chi connectivity index (χ1n) is 8.06. The van der Waals surface area contributed by atoms with E-state index < -0.39 is 12.1 Å². The number of nitrogens with one attached hydrogen (secondary N) is 1. The molecule has 23 heavy (non-hydrogen) atoms. The van der Waals surface area contributed by atoms with Crippen LogP contribution in [0.25, 0.3) is 0 Å². The monoisotopic (exact) mass is 316 g/mol. The summed E-state index contributed by atoms with van der Waals surface area (Å²) in [4.78, 5) is 14.7. The fourth-order valence-corrected chi connectivity index (χ4v) is 3.53. The van der Waals surface area contributed by atoms with E-state index in [9.17, 15) is 4.79 Å². The van der Waals surface area contributed by atoms with Gasteiger partial charge in [0.05, 0.1) is 12.5 Å². The summed E-state index contributed by atoms with van der Waals surface area (Å²) in [7, 11) is 0. The summed E-state index contributed by atoms with van der Waals surface area (Å²) in [5, 5.41) is 2.86. The molecule has 122 valence electrons. The van der Waals surface area contributed by atoms with Crippen LogP contribution < -0.4 is 5.32 Å². The van der Waals surface area contributed by atoms with Gasteiger partial charge in [0, 0.05) is 6.54 Å². The van der Waals surface area contributed by atoms with Crippen molar-refractivity contribution in [3.63, 3.8) is 0 Å². The second-order valence-corrected chi connectivity index (χ2v) is 6.19. The van der Waals surface area contributed by atoms with E-state index in [1.165, 1.54) is 0 Å². The molecule has 6 nitrogen and oxygen atoms in total. The van der Waals surface area contributed by atoms with Crippen molar-refractivity contribution in [2.45, 2.75) is 25.0 Å². The lowest BCUT2D eigenvalue weighted by atomic mass is 9.86. The van der Waals surface area contributed by atoms with Crippen molar-refractivity contribution < 1.29 is 18.4 Å². The first kappa shape index (κ1) is 14.4. The molecule has 2 aromatic rings. The number of amides is 1. The molecule has 1 amide bonds. The number of hydrogen-bond donors (Lipinski definition) is 1. The van der Waals surface area contributed by atoms with Crippen molar-refractivity contribution in [3.8, 4) is 0 Å². The molecule has 3 fully saturated rings. The van der Waals surface area contributed by atoms with Gasteiger partial charge in [-0.05, 0) is 56.1 Å². The number of piperidine rings is 3. The Morgan fingerprint density at radius 1 is 1.17 bits per heavy atom. The smallest absolute Gasteiger partial charge is 0.408 e. The number of alkyl carbamates (subject to hydrolysis) is 1. The highest BCUT2D eigenvalue weighted by atomic mass is 16.6. The van der Waals surface area contributed by atoms with Crippen LogP contribution >= 0.6 is 0 Å². The van der Waals surface area contributed by atoms with Crippen LogP contribution in [0.4, 0.5) is 4.79 Å². The van der Waals surface area contributed by atoms with E-state index in [2.05, 4.69) is 10.2 Å². The summed E-state index contributed by atoms with van der Waals surface area (Å²) in [6.45, 7) is 3.07. The topological polar surface area (TPSA) is 67.8 Å². The number of hydrogen-bond acceptors (Lipinski definition) is 5. The Kier molecular flexibility index (Phi) is 3.83. The third kappa shape index (κ3) is 2.99. The van der Waals surface area contributed by atoms with Crippen molar-refractivity contribution in [1.29, 1.82) is 0 Å². The lowest BCUT2D eigenvalue weighted by molar-refractivity contribution is -0.0339. The zero-order valence-corrected chi connectivity index (χ0v) is 12.8. The molecular formula is C17H20N2O4. The molecule has 5 heterocycles. The highest BCUT2D eigenvalue weighted by Gasteiger charge is 2.37. The summed E-state index contributed by atoms with van der Waals surface area (Å²) < 4.78 is 16.5. The van der Waals surface area contributed by atoms with Gasteiger partial charge < -0.3 is 18.9 Å². The predicted molar refractivity (Wildman–Crippen MR) is 81.8 cm³/mol. The number of carbonyl (C=O) groups excluding carboxylic acids is 1. The molecule has 2 bridgehead atoms. The Morgan fingerprint density at radius 3 is 2.30 bits per heavy atom. The average Bonchev–Trinajstić information content (AvgIpc) is 3.28. The normalized spacial score (nSPS) is 26.4. The maximum Gasteiger partial charge on any atom is 0.408 e. The summed E-state index contributed by atoms with van der Waals surface area (Å²) >= 11 is 0. The Labute approximate surface area is 134 Å². The minimum absolute atomic E-state index is 0.0219. The summed E-state index contributed by atoms with van der Waals surface area (Å²) in [6, 6.07) is 6.70. The van der Waals surface area contributed by atoms with Crippen LogP contribution in [-0.4, -0.2) is 36.7 Å². The van der Waals surface area contributed by atoms with E-state index in [1.54, 1.807) is 24.7 Å². The lowest BCUT2D eigenvalue weighted by Gasteiger charge is -2.43. The number of rotatable bonds is 4. The van der Waals surface area contributed by atoms with Crippen LogP contribution in [0.5, 0.6) is 0 Å². The molecule has 6 heteroatoms. The van der Waals surface area contributed by atoms with Crippen molar-refractivity contribution in [1.82, 2.24) is 10.2 Å². The minimum atomic E-state index is -0.478. The van der Waals surface area contributed by atoms with Crippen molar-refractivity contribution in [2.24, 2.45) is 5.92 Å². The van der Waals surface area contributed by atoms with Gasteiger partial charge in [-0.1, -0.05) is 0 Å². The van der Waals surface area contributed by atoms with E-state index in [0.717, 1.165) is 32.5 Å². The van der Waals surface area contributed by atoms with Gasteiger partial charge in [-0.15, -0.1) is 0 Å². The number of ether oxygens (including phenoxy) is 1. The van der Waals surface area contributed by atoms with E-state index in [0.29, 0.717) is 17.4 Å². The Hall–Kier alpha value is -2.21. The van der Waals surface area contributed by atoms with Gasteiger partial charge in [0.25, 0.3) is 0 Å². The van der Waals surface area contributed by atoms with Crippen LogP contribution in [-0.2, 0) is 4.74 Å². The molecule has 5 rings (SSSR count).